The standard InChI is InChI=1S/C16H13ClN6O2/c17-12-4-5-15(18-7-12)25-14-8-22(9-14)16(24)11-2-1-3-13(6-11)23-10-19-20-21-23/h1-7,10,14H,8-9H2. The first-order valence-corrected chi connectivity index (χ1v) is 7.98. The number of ether oxygens (including phenoxy) is 1. The molecule has 0 saturated carbocycles. The van der Waals surface area contributed by atoms with Gasteiger partial charge >= 0.3 is 0 Å². The number of benzene rings is 1. The summed E-state index contributed by atoms with van der Waals surface area (Å²) in [5, 5.41) is 11.6. The molecule has 126 valence electrons. The van der Waals surface area contributed by atoms with E-state index in [-0.39, 0.29) is 12.0 Å². The molecule has 0 N–H and O–H groups in total. The molecule has 3 heterocycles. The van der Waals surface area contributed by atoms with E-state index in [1.165, 1.54) is 17.2 Å². The lowest BCUT2D eigenvalue weighted by molar-refractivity contribution is 0.0160. The van der Waals surface area contributed by atoms with E-state index in [9.17, 15) is 4.79 Å². The van der Waals surface area contributed by atoms with Gasteiger partial charge in [0.15, 0.2) is 0 Å². The molecule has 0 unspecified atom stereocenters. The number of hydrogen-bond acceptors (Lipinski definition) is 6. The molecule has 3 aromatic rings. The lowest BCUT2D eigenvalue weighted by Gasteiger charge is -2.38. The van der Waals surface area contributed by atoms with E-state index >= 15 is 0 Å². The number of pyridine rings is 1. The Morgan fingerprint density at radius 2 is 2.12 bits per heavy atom. The maximum atomic E-state index is 12.6. The largest absolute Gasteiger partial charge is 0.471 e. The van der Waals surface area contributed by atoms with Crippen LogP contribution in [0.25, 0.3) is 5.69 Å². The van der Waals surface area contributed by atoms with Gasteiger partial charge in [-0.05, 0) is 34.7 Å². The van der Waals surface area contributed by atoms with Gasteiger partial charge in [-0.3, -0.25) is 4.79 Å². The van der Waals surface area contributed by atoms with Gasteiger partial charge in [-0.1, -0.05) is 17.7 Å². The van der Waals surface area contributed by atoms with Crippen molar-refractivity contribution < 1.29 is 9.53 Å². The van der Waals surface area contributed by atoms with Gasteiger partial charge in [-0.25, -0.2) is 9.67 Å². The third-order valence-corrected chi connectivity index (χ3v) is 4.05. The van der Waals surface area contributed by atoms with Gasteiger partial charge in [0.05, 0.1) is 23.8 Å². The highest BCUT2D eigenvalue weighted by atomic mass is 35.5. The van der Waals surface area contributed by atoms with E-state index in [0.717, 1.165) is 5.69 Å². The molecule has 1 fully saturated rings. The van der Waals surface area contributed by atoms with Crippen molar-refractivity contribution in [2.45, 2.75) is 6.10 Å². The van der Waals surface area contributed by atoms with Crippen molar-refractivity contribution in [1.82, 2.24) is 30.1 Å². The monoisotopic (exact) mass is 356 g/mol. The summed E-state index contributed by atoms with van der Waals surface area (Å²) in [4.78, 5) is 18.4. The molecule has 8 nitrogen and oxygen atoms in total. The van der Waals surface area contributed by atoms with Gasteiger partial charge < -0.3 is 9.64 Å². The first kappa shape index (κ1) is 15.5. The molecule has 25 heavy (non-hydrogen) atoms. The predicted octanol–water partition coefficient (Wildman–Crippen LogP) is 1.61. The predicted molar refractivity (Wildman–Crippen MR) is 88.7 cm³/mol. The maximum Gasteiger partial charge on any atom is 0.254 e. The number of tetrazole rings is 1. The molecule has 1 amide bonds. The molecule has 2 aromatic heterocycles. The quantitative estimate of drug-likeness (QED) is 0.706. The summed E-state index contributed by atoms with van der Waals surface area (Å²) in [6, 6.07) is 10.6. The molecule has 1 aliphatic heterocycles. The summed E-state index contributed by atoms with van der Waals surface area (Å²) in [7, 11) is 0. The van der Waals surface area contributed by atoms with Crippen LogP contribution in [-0.2, 0) is 0 Å². The fourth-order valence-corrected chi connectivity index (χ4v) is 2.64. The molecular weight excluding hydrogens is 344 g/mol. The van der Waals surface area contributed by atoms with E-state index in [1.807, 2.05) is 6.07 Å². The molecule has 0 radical (unpaired) electrons. The van der Waals surface area contributed by atoms with Gasteiger partial charge in [-0.2, -0.15) is 0 Å². The summed E-state index contributed by atoms with van der Waals surface area (Å²) in [5.74, 6) is 0.445. The van der Waals surface area contributed by atoms with Crippen LogP contribution in [0.3, 0.4) is 0 Å². The molecule has 0 atom stereocenters. The third kappa shape index (κ3) is 3.29. The topological polar surface area (TPSA) is 86.0 Å². The lowest BCUT2D eigenvalue weighted by Crippen LogP contribution is -2.56. The molecule has 0 spiro atoms. The van der Waals surface area contributed by atoms with Gasteiger partial charge in [0.2, 0.25) is 5.88 Å². The molecule has 4 rings (SSSR count). The Bertz CT molecular complexity index is 878. The van der Waals surface area contributed by atoms with Crippen LogP contribution in [0.2, 0.25) is 5.02 Å². The van der Waals surface area contributed by atoms with E-state index < -0.39 is 0 Å². The van der Waals surface area contributed by atoms with Crippen LogP contribution in [0.1, 0.15) is 10.4 Å². The summed E-state index contributed by atoms with van der Waals surface area (Å²) in [6.07, 6.45) is 2.94. The zero-order valence-corrected chi connectivity index (χ0v) is 13.7. The highest BCUT2D eigenvalue weighted by Crippen LogP contribution is 2.20. The van der Waals surface area contributed by atoms with Crippen molar-refractivity contribution >= 4 is 17.5 Å². The molecule has 0 bridgehead atoms. The molecule has 1 aliphatic rings. The van der Waals surface area contributed by atoms with E-state index in [2.05, 4.69) is 20.5 Å². The molecular formula is C16H13ClN6O2. The first-order valence-electron chi connectivity index (χ1n) is 7.60. The average molecular weight is 357 g/mol. The number of carbonyl (C=O) groups excluding carboxylic acids is 1. The zero-order chi connectivity index (χ0) is 17.2. The van der Waals surface area contributed by atoms with Crippen LogP contribution >= 0.6 is 11.6 Å². The second-order valence-electron chi connectivity index (χ2n) is 5.57. The smallest absolute Gasteiger partial charge is 0.254 e. The van der Waals surface area contributed by atoms with Crippen LogP contribution in [0.5, 0.6) is 5.88 Å². The molecule has 9 heteroatoms. The Morgan fingerprint density at radius 1 is 1.24 bits per heavy atom. The van der Waals surface area contributed by atoms with Crippen LogP contribution in [-0.4, -0.2) is 55.2 Å². The normalized spacial score (nSPS) is 14.2. The van der Waals surface area contributed by atoms with Gasteiger partial charge in [0.1, 0.15) is 12.4 Å². The maximum absolute atomic E-state index is 12.6. The fraction of sp³-hybridized carbons (Fsp3) is 0.188. The Kier molecular flexibility index (Phi) is 4.02. The number of halogens is 1. The van der Waals surface area contributed by atoms with Crippen molar-refractivity contribution in [2.24, 2.45) is 0 Å². The van der Waals surface area contributed by atoms with Crippen LogP contribution in [0.15, 0.2) is 48.9 Å². The number of amides is 1. The number of aromatic nitrogens is 5. The van der Waals surface area contributed by atoms with Crippen molar-refractivity contribution in [3.05, 3.63) is 59.5 Å². The minimum Gasteiger partial charge on any atom is -0.471 e. The van der Waals surface area contributed by atoms with E-state index in [4.69, 9.17) is 16.3 Å². The second kappa shape index (κ2) is 6.48. The van der Waals surface area contributed by atoms with Crippen molar-refractivity contribution in [3.8, 4) is 11.6 Å². The molecule has 1 saturated heterocycles. The molecule has 0 aliphatic carbocycles. The third-order valence-electron chi connectivity index (χ3n) is 3.83. The van der Waals surface area contributed by atoms with E-state index in [1.54, 1.807) is 35.2 Å². The average Bonchev–Trinajstić information content (AvgIpc) is 3.14. The summed E-state index contributed by atoms with van der Waals surface area (Å²) in [6.45, 7) is 1.02. The Labute approximate surface area is 148 Å². The van der Waals surface area contributed by atoms with Gasteiger partial charge in [0, 0.05) is 17.8 Å². The number of hydrogen-bond donors (Lipinski definition) is 0. The van der Waals surface area contributed by atoms with Gasteiger partial charge in [0.25, 0.3) is 5.91 Å². The second-order valence-corrected chi connectivity index (χ2v) is 6.01. The lowest BCUT2D eigenvalue weighted by atomic mass is 10.1. The minimum absolute atomic E-state index is 0.0566. The number of rotatable bonds is 4. The SMILES string of the molecule is O=C(c1cccc(-n2cnnn2)c1)N1CC(Oc2ccc(Cl)cn2)C1. The highest BCUT2D eigenvalue weighted by Gasteiger charge is 2.33. The highest BCUT2D eigenvalue weighted by molar-refractivity contribution is 6.30. The zero-order valence-electron chi connectivity index (χ0n) is 13.0. The number of carbonyl (C=O) groups is 1. The minimum atomic E-state index is -0.0691. The number of likely N-dealkylation sites (tertiary alicyclic amines) is 1. The Morgan fingerprint density at radius 3 is 2.84 bits per heavy atom. The Hall–Kier alpha value is -3.00. The van der Waals surface area contributed by atoms with E-state index in [0.29, 0.717) is 29.6 Å². The van der Waals surface area contributed by atoms with Crippen LogP contribution < -0.4 is 4.74 Å². The van der Waals surface area contributed by atoms with Gasteiger partial charge in [-0.15, -0.1) is 5.10 Å². The van der Waals surface area contributed by atoms with Crippen molar-refractivity contribution in [3.63, 3.8) is 0 Å². The first-order chi connectivity index (χ1) is 12.2. The fourth-order valence-electron chi connectivity index (χ4n) is 2.52. The summed E-state index contributed by atoms with van der Waals surface area (Å²) >= 11 is 5.79. The van der Waals surface area contributed by atoms with Crippen LogP contribution in [0.4, 0.5) is 0 Å². The van der Waals surface area contributed by atoms with Crippen LogP contribution in [0, 0.1) is 0 Å². The van der Waals surface area contributed by atoms with Crippen molar-refractivity contribution in [2.75, 3.05) is 13.1 Å². The summed E-state index contributed by atoms with van der Waals surface area (Å²) < 4.78 is 7.21. The Balaban J connectivity index is 1.38. The molecule has 1 aromatic carbocycles. The number of nitrogens with zero attached hydrogens (tertiary/aromatic N) is 6. The van der Waals surface area contributed by atoms with Crippen molar-refractivity contribution in [1.29, 1.82) is 0 Å². The summed E-state index contributed by atoms with van der Waals surface area (Å²) in [5.41, 5.74) is 1.31.